The Balaban J connectivity index is 0.00000300. The largest absolute Gasteiger partial charge is 1.00 e. The average molecular weight is 693 g/mol. The normalized spacial score (nSPS) is 14.5. The van der Waals surface area contributed by atoms with Gasteiger partial charge in [-0.25, -0.2) is 0 Å². The quantitative estimate of drug-likeness (QED) is 0.0608. The molecule has 0 amide bonds. The van der Waals surface area contributed by atoms with Crippen LogP contribution in [0.25, 0.3) is 10.8 Å². The maximum atomic E-state index is 12.9. The molecule has 1 aliphatic rings. The van der Waals surface area contributed by atoms with E-state index in [-0.39, 0.29) is 86.2 Å². The van der Waals surface area contributed by atoms with Crippen LogP contribution < -0.4 is 74.8 Å². The van der Waals surface area contributed by atoms with Gasteiger partial charge in [0.05, 0.1) is 38.2 Å². The Kier molecular flexibility index (Phi) is 12.5. The zero-order valence-electron chi connectivity index (χ0n) is 24.5. The van der Waals surface area contributed by atoms with Crippen molar-refractivity contribution in [1.29, 1.82) is 0 Å². The van der Waals surface area contributed by atoms with E-state index in [0.29, 0.717) is 17.1 Å². The molecule has 228 valence electrons. The average Bonchev–Trinajstić information content (AvgIpc) is 2.99. The van der Waals surface area contributed by atoms with E-state index in [2.05, 4.69) is 31.0 Å². The molecule has 0 spiro atoms. The minimum Gasteiger partial charge on any atom is -0.872 e. The third kappa shape index (κ3) is 9.48. The molecule has 1 aliphatic carbocycles. The Labute approximate surface area is 311 Å². The van der Waals surface area contributed by atoms with Crippen molar-refractivity contribution in [2.75, 3.05) is 5.43 Å². The molecule has 0 radical (unpaired) electrons. The third-order valence-electron chi connectivity index (χ3n) is 6.09. The summed E-state index contributed by atoms with van der Waals surface area (Å²) in [6.45, 7) is 0. The van der Waals surface area contributed by atoms with Crippen LogP contribution in [0.1, 0.15) is 0 Å². The van der Waals surface area contributed by atoms with E-state index >= 15 is 0 Å². The van der Waals surface area contributed by atoms with Crippen molar-refractivity contribution >= 4 is 65.3 Å². The van der Waals surface area contributed by atoms with Gasteiger partial charge in [-0.3, -0.25) is 19.3 Å². The second-order valence-corrected chi connectivity index (χ2v) is 12.0. The van der Waals surface area contributed by atoms with Crippen LogP contribution in [0.4, 0.5) is 22.7 Å². The molecule has 0 unspecified atom stereocenters. The summed E-state index contributed by atoms with van der Waals surface area (Å²) in [5, 5.41) is 45.3. The molecule has 47 heavy (non-hydrogen) atoms. The van der Waals surface area contributed by atoms with Gasteiger partial charge in [0.2, 0.25) is 5.78 Å². The summed E-state index contributed by atoms with van der Waals surface area (Å²) < 4.78 is 63.5. The van der Waals surface area contributed by atoms with Crippen molar-refractivity contribution in [3.8, 4) is 5.75 Å². The number of rotatable bonds is 8. The van der Waals surface area contributed by atoms with Gasteiger partial charge in [0.15, 0.2) is 0 Å². The molecule has 0 aliphatic heterocycles. The van der Waals surface area contributed by atoms with E-state index in [4.69, 9.17) is 4.55 Å². The molecule has 0 atom stereocenters. The number of allylic oxidation sites excluding steroid dienone is 3. The van der Waals surface area contributed by atoms with Crippen LogP contribution in [0.15, 0.2) is 138 Å². The summed E-state index contributed by atoms with van der Waals surface area (Å²) in [4.78, 5) is 11.5. The molecule has 5 rings (SSSR count). The topological polar surface area (TPSA) is 246 Å². The van der Waals surface area contributed by atoms with Crippen LogP contribution in [0.5, 0.6) is 5.75 Å². The summed E-state index contributed by atoms with van der Waals surface area (Å²) in [5.74, 6) is -2.15. The fourth-order valence-electron chi connectivity index (χ4n) is 3.87. The maximum absolute atomic E-state index is 12.9. The van der Waals surface area contributed by atoms with Gasteiger partial charge in [0, 0.05) is 0 Å². The van der Waals surface area contributed by atoms with Crippen LogP contribution in [-0.2, 0) is 25.0 Å². The first-order chi connectivity index (χ1) is 21.3. The SMILES string of the molecule is O=C1C=CC(N=Nc2ccc(N=Nc3ccc(S(=O)(=O)O)cc3)cc2)=C([O-])C1=NNc1ccc2c([O-])cc(S(=O)(=O)O)cc2c1.[Na+].[Na+]. The summed E-state index contributed by atoms with van der Waals surface area (Å²) in [6, 6.07) is 17.4. The molecule has 0 heterocycles. The predicted octanol–water partition coefficient (Wildman–Crippen LogP) is -1.91. The number of nitrogens with zero attached hydrogens (tertiary/aromatic N) is 5. The van der Waals surface area contributed by atoms with Crippen LogP contribution in [0.3, 0.4) is 0 Å². The Morgan fingerprint density at radius 3 is 1.72 bits per heavy atom. The van der Waals surface area contributed by atoms with E-state index in [0.717, 1.165) is 18.2 Å². The smallest absolute Gasteiger partial charge is 0.872 e. The third-order valence-corrected chi connectivity index (χ3v) is 7.79. The Morgan fingerprint density at radius 2 is 1.17 bits per heavy atom. The second kappa shape index (κ2) is 15.5. The predicted molar refractivity (Wildman–Crippen MR) is 157 cm³/mol. The number of hydrazone groups is 1. The number of azo groups is 2. The molecule has 4 aromatic rings. The number of hydrogen-bond acceptors (Lipinski definition) is 13. The van der Waals surface area contributed by atoms with Crippen LogP contribution in [-0.4, -0.2) is 37.4 Å². The van der Waals surface area contributed by atoms with Crippen molar-refractivity contribution in [3.05, 3.63) is 102 Å². The van der Waals surface area contributed by atoms with Crippen LogP contribution >= 0.6 is 0 Å². The number of carbonyl (C=O) groups is 1. The molecule has 0 saturated heterocycles. The van der Waals surface area contributed by atoms with E-state index < -0.39 is 48.1 Å². The van der Waals surface area contributed by atoms with Crippen molar-refractivity contribution in [1.82, 2.24) is 0 Å². The first-order valence-corrected chi connectivity index (χ1v) is 15.4. The van der Waals surface area contributed by atoms with Crippen molar-refractivity contribution < 1.29 is 100 Å². The molecule has 15 nitrogen and oxygen atoms in total. The molecule has 0 aromatic heterocycles. The van der Waals surface area contributed by atoms with E-state index in [1.54, 1.807) is 24.3 Å². The summed E-state index contributed by atoms with van der Waals surface area (Å²) in [7, 11) is -8.94. The molecule has 0 fully saturated rings. The van der Waals surface area contributed by atoms with Gasteiger partial charge in [-0.15, -0.1) is 0 Å². The summed E-state index contributed by atoms with van der Waals surface area (Å²) in [5.41, 5.74) is 3.18. The molecule has 19 heteroatoms. The number of fused-ring (bicyclic) bond motifs is 1. The van der Waals surface area contributed by atoms with Crippen molar-refractivity contribution in [2.45, 2.75) is 9.79 Å². The summed E-state index contributed by atoms with van der Waals surface area (Å²) >= 11 is 0. The van der Waals surface area contributed by atoms with Gasteiger partial charge in [0.25, 0.3) is 20.2 Å². The van der Waals surface area contributed by atoms with Gasteiger partial charge in [0.1, 0.15) is 5.71 Å². The first kappa shape index (κ1) is 37.8. The molecule has 3 N–H and O–H groups in total. The van der Waals surface area contributed by atoms with Crippen LogP contribution in [0, 0.1) is 0 Å². The van der Waals surface area contributed by atoms with E-state index in [1.165, 1.54) is 48.5 Å². The zero-order valence-corrected chi connectivity index (χ0v) is 30.1. The number of nitrogens with one attached hydrogen (secondary N) is 1. The number of hydrogen-bond donors (Lipinski definition) is 3. The Morgan fingerprint density at radius 1 is 0.638 bits per heavy atom. The minimum absolute atomic E-state index is 0. The molecular weight excluding hydrogens is 674 g/mol. The van der Waals surface area contributed by atoms with Crippen LogP contribution in [0.2, 0.25) is 0 Å². The molecule has 0 saturated carbocycles. The van der Waals surface area contributed by atoms with Gasteiger partial charge in [-0.05, 0) is 101 Å². The molecular formula is C28H18N6Na2O9S2. The Hall–Kier alpha value is -3.62. The van der Waals surface area contributed by atoms with Crippen molar-refractivity contribution in [2.24, 2.45) is 25.6 Å². The maximum Gasteiger partial charge on any atom is 1.00 e. The number of carbonyl (C=O) groups excluding carboxylic acids is 1. The van der Waals surface area contributed by atoms with Crippen molar-refractivity contribution in [3.63, 3.8) is 0 Å². The monoisotopic (exact) mass is 692 g/mol. The van der Waals surface area contributed by atoms with E-state index in [1.807, 2.05) is 0 Å². The standard InChI is InChI=1S/C28H20N6O9S2.2Na/c35-25-12-11-24(33-31-18-3-1-17(2-4-18)29-30-19-5-8-21(9-6-19)44(38,39)40)28(37)27(25)34-32-20-7-10-23-16(13-20)14-22(15-26(23)36)45(41,42)43;;/h1-15,32,36-37H,(H,38,39,40)(H,41,42,43);;/q;2*+1/p-2. The molecule has 0 bridgehead atoms. The fourth-order valence-corrected chi connectivity index (χ4v) is 4.88. The zero-order chi connectivity index (χ0) is 32.4. The van der Waals surface area contributed by atoms with E-state index in [9.17, 15) is 36.4 Å². The minimum atomic E-state index is -4.62. The van der Waals surface area contributed by atoms with Gasteiger partial charge < -0.3 is 10.2 Å². The first-order valence-electron chi connectivity index (χ1n) is 12.5. The molecule has 4 aromatic carbocycles. The van der Waals surface area contributed by atoms with Gasteiger partial charge in [-0.2, -0.15) is 42.4 Å². The summed E-state index contributed by atoms with van der Waals surface area (Å²) in [6.07, 6.45) is 2.27. The Bertz CT molecular complexity index is 2220. The number of ketones is 1. The number of anilines is 1. The van der Waals surface area contributed by atoms with Gasteiger partial charge >= 0.3 is 59.1 Å². The second-order valence-electron chi connectivity index (χ2n) is 9.20. The fraction of sp³-hybridized carbons (Fsp3) is 0. The van der Waals surface area contributed by atoms with Gasteiger partial charge in [-0.1, -0.05) is 11.8 Å². The number of benzene rings is 4.